The Morgan fingerprint density at radius 2 is 0.454 bits per heavy atom. The molecule has 0 aromatic heterocycles. The van der Waals surface area contributed by atoms with Crippen molar-refractivity contribution in [2.75, 3.05) is 11.9 Å². The first kappa shape index (κ1) is 142. The summed E-state index contributed by atoms with van der Waals surface area (Å²) < 4.78 is 38.3. The molecule has 0 unspecified atom stereocenters. The second kappa shape index (κ2) is 104. The Balaban J connectivity index is -0.000000103. The molecule has 3 aromatic carbocycles. The van der Waals surface area contributed by atoms with Crippen molar-refractivity contribution in [3.05, 3.63) is 108 Å². The number of carboxylic acids is 1. The fourth-order valence-corrected chi connectivity index (χ4v) is 15.8. The molecule has 0 aliphatic heterocycles. The highest BCUT2D eigenvalue weighted by molar-refractivity contribution is 7.85. The molecule has 0 atom stereocenters. The molecular weight excluding hydrogens is 1500 g/mol. The number of rotatable bonds is 15. The minimum absolute atomic E-state index is 0.00463. The molecule has 718 valence electrons. The molecule has 6 fully saturated rings. The van der Waals surface area contributed by atoms with Crippen molar-refractivity contribution in [1.29, 1.82) is 0 Å². The normalized spacial score (nSPS) is 14.8. The van der Waals surface area contributed by atoms with Crippen LogP contribution in [-0.4, -0.2) is 45.7 Å². The third-order valence-electron chi connectivity index (χ3n) is 20.9. The third-order valence-corrected chi connectivity index (χ3v) is 23.2. The van der Waals surface area contributed by atoms with E-state index in [1.54, 1.807) is 27.7 Å². The molecular formula is C109H223O8PS. The highest BCUT2D eigenvalue weighted by Gasteiger charge is 2.21. The van der Waals surface area contributed by atoms with Gasteiger partial charge in [-0.2, -0.15) is 8.42 Å². The van der Waals surface area contributed by atoms with Gasteiger partial charge in [-0.05, 0) is 123 Å². The molecule has 0 amide bonds. The van der Waals surface area contributed by atoms with Gasteiger partial charge in [0, 0.05) is 6.42 Å². The number of hydrogen-bond donors (Lipinski definition) is 4. The van der Waals surface area contributed by atoms with Crippen LogP contribution in [-0.2, 0) is 19.5 Å². The predicted octanol–water partition coefficient (Wildman–Crippen LogP) is 38.3. The van der Waals surface area contributed by atoms with E-state index < -0.39 is 23.7 Å². The lowest BCUT2D eigenvalue weighted by atomic mass is 9.82. The Hall–Kier alpha value is -2.81. The monoisotopic (exact) mass is 1720 g/mol. The van der Waals surface area contributed by atoms with Gasteiger partial charge in [-0.1, -0.05) is 555 Å². The van der Waals surface area contributed by atoms with Gasteiger partial charge in [-0.25, -0.2) is 0 Å². The number of carboxylic acid groups (broad SMARTS) is 1. The van der Waals surface area contributed by atoms with Crippen LogP contribution in [0.3, 0.4) is 0 Å². The fourth-order valence-electron chi connectivity index (χ4n) is 14.0. The molecule has 119 heavy (non-hydrogen) atoms. The molecule has 6 saturated carbocycles. The summed E-state index contributed by atoms with van der Waals surface area (Å²) in [6, 6.07) is 31.6. The first-order valence-corrected chi connectivity index (χ1v) is 54.0. The summed E-state index contributed by atoms with van der Waals surface area (Å²) in [6.45, 7) is 88.2. The molecule has 0 spiro atoms. The molecule has 10 heteroatoms. The zero-order valence-corrected chi connectivity index (χ0v) is 90.3. The zero-order chi connectivity index (χ0) is 95.5. The summed E-state index contributed by atoms with van der Waals surface area (Å²) in [5, 5.41) is 8.08. The molecule has 4 N–H and O–H groups in total. The molecule has 0 bridgehead atoms. The maximum absolute atomic E-state index is 10.1. The van der Waals surface area contributed by atoms with Gasteiger partial charge in [0.05, 0.1) is 11.9 Å². The zero-order valence-electron chi connectivity index (χ0n) is 88.5. The Bertz CT molecular complexity index is 2210. The van der Waals surface area contributed by atoms with Crippen molar-refractivity contribution in [2.45, 2.75) is 488 Å². The van der Waals surface area contributed by atoms with Crippen molar-refractivity contribution in [3.8, 4) is 0 Å². The highest BCUT2D eigenvalue weighted by atomic mass is 32.2. The van der Waals surface area contributed by atoms with Crippen LogP contribution in [0, 0.1) is 88.8 Å². The number of benzene rings is 3. The van der Waals surface area contributed by atoms with Crippen LogP contribution in [0.15, 0.2) is 91.0 Å². The minimum Gasteiger partial charge on any atom is -0.481 e. The van der Waals surface area contributed by atoms with E-state index in [-0.39, 0.29) is 36.1 Å². The van der Waals surface area contributed by atoms with E-state index in [0.717, 1.165) is 71.0 Å². The molecule has 0 heterocycles. The van der Waals surface area contributed by atoms with Gasteiger partial charge >= 0.3 is 13.6 Å². The Kier molecular flexibility index (Phi) is 124. The lowest BCUT2D eigenvalue weighted by Crippen LogP contribution is -2.12. The van der Waals surface area contributed by atoms with Crippen molar-refractivity contribution in [2.24, 2.45) is 88.8 Å². The molecule has 0 saturated heterocycles. The van der Waals surface area contributed by atoms with Gasteiger partial charge in [0.1, 0.15) is 0 Å². The first-order valence-electron chi connectivity index (χ1n) is 50.6. The lowest BCUT2D eigenvalue weighted by molar-refractivity contribution is -0.137. The smallest absolute Gasteiger partial charge is 0.325 e. The topological polar surface area (TPSA) is 149 Å². The van der Waals surface area contributed by atoms with Crippen LogP contribution < -0.4 is 0 Å². The van der Waals surface area contributed by atoms with E-state index in [4.69, 9.17) is 19.4 Å². The molecule has 8 nitrogen and oxygen atoms in total. The summed E-state index contributed by atoms with van der Waals surface area (Å²) in [5.41, 5.74) is 4.24. The largest absolute Gasteiger partial charge is 0.481 e. The SMILES string of the molecule is CC.CC.CC.CC.CC.CC.CC.CC.CC.CC(C)C1CCCC1.CC(C)C1CCCC1.CC(C)C1CCCC1.CC(C)C1CCCCC1.CC(C)C1CCCCC1.CC(C)C1CCCCC1.CC(C)CC(=O)O.CC(C)CP(=O)(O)O.CC(C)CS(=O)(=O)O.CC(C)c1ccccc1.CC(C)c1ccccc1.CC(C)c1ccccc1. The molecule has 6 aliphatic carbocycles. The summed E-state index contributed by atoms with van der Waals surface area (Å²) in [4.78, 5) is 26.4. The lowest BCUT2D eigenvalue weighted by Gasteiger charge is -2.24. The van der Waals surface area contributed by atoms with E-state index in [9.17, 15) is 17.8 Å². The average Bonchev–Trinajstić information content (AvgIpc) is 1.82. The van der Waals surface area contributed by atoms with Crippen LogP contribution in [0.25, 0.3) is 0 Å². The van der Waals surface area contributed by atoms with Crippen LogP contribution in [0.5, 0.6) is 0 Å². The number of carbonyl (C=O) groups is 1. The highest BCUT2D eigenvalue weighted by Crippen LogP contribution is 2.37. The van der Waals surface area contributed by atoms with Gasteiger partial charge in [0.25, 0.3) is 10.1 Å². The number of hydrogen-bond acceptors (Lipinski definition) is 4. The van der Waals surface area contributed by atoms with E-state index >= 15 is 0 Å². The minimum atomic E-state index is -3.72. The Morgan fingerprint density at radius 1 is 0.294 bits per heavy atom. The van der Waals surface area contributed by atoms with Gasteiger partial charge in [-0.3, -0.25) is 13.9 Å². The van der Waals surface area contributed by atoms with E-state index in [1.807, 2.05) is 157 Å². The van der Waals surface area contributed by atoms with Crippen molar-refractivity contribution >= 4 is 23.7 Å². The fraction of sp³-hybridized carbons (Fsp3) is 0.826. The van der Waals surface area contributed by atoms with Crippen molar-refractivity contribution in [1.82, 2.24) is 0 Å². The summed E-state index contributed by atoms with van der Waals surface area (Å²) >= 11 is 0. The van der Waals surface area contributed by atoms with Crippen LogP contribution in [0.1, 0.15) is 505 Å². The maximum Gasteiger partial charge on any atom is 0.325 e. The van der Waals surface area contributed by atoms with Gasteiger partial charge in [-0.15, -0.1) is 0 Å². The second-order valence-corrected chi connectivity index (χ2v) is 38.1. The van der Waals surface area contributed by atoms with Crippen molar-refractivity contribution < 1.29 is 37.2 Å². The average molecular weight is 1730 g/mol. The van der Waals surface area contributed by atoms with E-state index in [2.05, 4.69) is 197 Å². The Labute approximate surface area is 752 Å². The number of aliphatic carboxylic acids is 1. The second-order valence-electron chi connectivity index (χ2n) is 34.9. The predicted molar refractivity (Wildman–Crippen MR) is 548 cm³/mol. The summed E-state index contributed by atoms with van der Waals surface area (Å²) in [7, 11) is -7.45. The van der Waals surface area contributed by atoms with E-state index in [1.165, 1.54) is 190 Å². The van der Waals surface area contributed by atoms with Crippen LogP contribution in [0.4, 0.5) is 0 Å². The molecule has 6 aliphatic rings. The van der Waals surface area contributed by atoms with Gasteiger partial charge < -0.3 is 14.9 Å². The molecule has 3 aromatic rings. The summed E-state index contributed by atoms with van der Waals surface area (Å²) in [5.74, 6) is 13.5. The first-order chi connectivity index (χ1) is 56.2. The van der Waals surface area contributed by atoms with Gasteiger partial charge in [0.2, 0.25) is 0 Å². The maximum atomic E-state index is 10.1. The van der Waals surface area contributed by atoms with Gasteiger partial charge in [0.15, 0.2) is 0 Å². The Morgan fingerprint density at radius 3 is 0.513 bits per heavy atom. The third kappa shape index (κ3) is 109. The van der Waals surface area contributed by atoms with Crippen LogP contribution in [0.2, 0.25) is 0 Å². The van der Waals surface area contributed by atoms with Crippen molar-refractivity contribution in [3.63, 3.8) is 0 Å². The molecule has 9 rings (SSSR count). The standard InChI is InChI=1S/3C9H18.3C9H12.3C8H16.C5H10O2.C4H11O3P.C4H10O3S.9C2H6/c6*1-8(2)9-6-4-3-5-7-9;3*1-7(2)8-5-3-4-6-8;1-4(2)3-5(6)7;2*1-4(2)3-8(5,6)7;9*1-2/h3*8-9H,3-7H2,1-2H3;3*3-8H,1-2H3;3*7-8H,3-6H2,1-2H3;4H,3H2,1-2H3,(H,6,7);4H,3H2,1-2H3,(H2,5,6,7);4H,3H2,1-2H3,(H,5,6,7);9*1-2H3. The quantitative estimate of drug-likeness (QED) is 0.0868. The van der Waals surface area contributed by atoms with Crippen LogP contribution >= 0.6 is 7.60 Å². The van der Waals surface area contributed by atoms with E-state index in [0.29, 0.717) is 17.8 Å². The summed E-state index contributed by atoms with van der Waals surface area (Å²) in [6.07, 6.45) is 40.6. The molecule has 0 radical (unpaired) electrons.